The van der Waals surface area contributed by atoms with Crippen molar-refractivity contribution in [3.8, 4) is 0 Å². The van der Waals surface area contributed by atoms with Gasteiger partial charge in [0, 0.05) is 0 Å². The fraction of sp³-hybridized carbons (Fsp3) is 0.500. The van der Waals surface area contributed by atoms with Crippen molar-refractivity contribution in [2.24, 2.45) is 0 Å². The summed E-state index contributed by atoms with van der Waals surface area (Å²) >= 11 is 0. The van der Waals surface area contributed by atoms with Gasteiger partial charge in [-0.15, -0.1) is 0 Å². The van der Waals surface area contributed by atoms with E-state index in [9.17, 15) is 10.1 Å². The lowest BCUT2D eigenvalue weighted by Gasteiger charge is -2.39. The van der Waals surface area contributed by atoms with Gasteiger partial charge in [-0.25, -0.2) is 0 Å². The van der Waals surface area contributed by atoms with E-state index in [1.165, 1.54) is 0 Å². The van der Waals surface area contributed by atoms with Gasteiger partial charge in [0.1, 0.15) is 0 Å². The van der Waals surface area contributed by atoms with Crippen LogP contribution in [0.4, 0.5) is 0 Å². The van der Waals surface area contributed by atoms with Crippen LogP contribution < -0.4 is 0 Å². The van der Waals surface area contributed by atoms with Gasteiger partial charge in [0.25, 0.3) is 0 Å². The Morgan fingerprint density at radius 3 is 2.25 bits per heavy atom. The highest BCUT2D eigenvalue weighted by Gasteiger charge is 2.35. The molecule has 16 heavy (non-hydrogen) atoms. The summed E-state index contributed by atoms with van der Waals surface area (Å²) in [7, 11) is -0.416. The molecule has 0 unspecified atom stereocenters. The first-order chi connectivity index (χ1) is 7.62. The van der Waals surface area contributed by atoms with E-state index in [0.717, 1.165) is 18.7 Å². The number of nitrogens with zero attached hydrogens (tertiary/aromatic N) is 1. The van der Waals surface area contributed by atoms with E-state index >= 15 is 0 Å². The summed E-state index contributed by atoms with van der Waals surface area (Å²) in [5.41, 5.74) is 0.271. The van der Waals surface area contributed by atoms with Crippen molar-refractivity contribution in [3.63, 3.8) is 0 Å². The minimum atomic E-state index is -0.716. The highest BCUT2D eigenvalue weighted by molar-refractivity contribution is 6.45. The van der Waals surface area contributed by atoms with E-state index in [0.29, 0.717) is 12.8 Å². The Kier molecular flexibility index (Phi) is 3.33. The summed E-state index contributed by atoms with van der Waals surface area (Å²) in [6.07, 6.45) is 1.36. The van der Waals surface area contributed by atoms with Gasteiger partial charge >= 0.3 is 7.05 Å². The first kappa shape index (κ1) is 11.6. The van der Waals surface area contributed by atoms with Crippen LogP contribution in [0.1, 0.15) is 18.4 Å². The summed E-state index contributed by atoms with van der Waals surface area (Å²) in [5, 5.41) is 20.0. The number of piperidine rings is 1. The van der Waals surface area contributed by atoms with Crippen LogP contribution in [-0.2, 0) is 5.60 Å². The molecule has 1 aliphatic rings. The highest BCUT2D eigenvalue weighted by Crippen LogP contribution is 2.32. The molecule has 0 aromatic heterocycles. The van der Waals surface area contributed by atoms with E-state index in [2.05, 4.69) is 0 Å². The maximum Gasteiger partial charge on any atom is 0.376 e. The van der Waals surface area contributed by atoms with Gasteiger partial charge in [0.05, 0.1) is 5.60 Å². The molecule has 1 aromatic carbocycles. The predicted octanol–water partition coefficient (Wildman–Crippen LogP) is 1.08. The lowest BCUT2D eigenvalue weighted by atomic mass is 9.77. The van der Waals surface area contributed by atoms with E-state index in [4.69, 9.17) is 0 Å². The molecular formula is C12H18BNO2. The van der Waals surface area contributed by atoms with Gasteiger partial charge in [0.15, 0.2) is 0 Å². The van der Waals surface area contributed by atoms with Gasteiger partial charge in [-0.05, 0) is 38.3 Å². The average molecular weight is 219 g/mol. The highest BCUT2D eigenvalue weighted by atomic mass is 16.3. The van der Waals surface area contributed by atoms with Gasteiger partial charge < -0.3 is 14.9 Å². The van der Waals surface area contributed by atoms with E-state index < -0.39 is 12.7 Å². The fourth-order valence-electron chi connectivity index (χ4n) is 2.30. The molecule has 1 aliphatic heterocycles. The topological polar surface area (TPSA) is 43.7 Å². The predicted molar refractivity (Wildman–Crippen MR) is 65.0 cm³/mol. The number of rotatable bonds is 2. The molecule has 1 aromatic rings. The first-order valence-electron chi connectivity index (χ1n) is 5.82. The molecule has 0 saturated carbocycles. The molecular weight excluding hydrogens is 201 g/mol. The minimum Gasteiger partial charge on any atom is -0.437 e. The van der Waals surface area contributed by atoms with Crippen molar-refractivity contribution in [1.82, 2.24) is 4.81 Å². The third-order valence-corrected chi connectivity index (χ3v) is 3.46. The normalized spacial score (nSPS) is 20.7. The number of aliphatic hydroxyl groups is 1. The second kappa shape index (κ2) is 4.57. The SMILES string of the molecule is CB(O)N1CCC(O)(c2ccccc2)CC1. The number of hydrogen-bond acceptors (Lipinski definition) is 3. The quantitative estimate of drug-likeness (QED) is 0.731. The zero-order chi connectivity index (χ0) is 11.6. The van der Waals surface area contributed by atoms with Crippen LogP contribution >= 0.6 is 0 Å². The molecule has 4 heteroatoms. The van der Waals surface area contributed by atoms with Crippen molar-refractivity contribution >= 4 is 7.05 Å². The zero-order valence-corrected chi connectivity index (χ0v) is 9.63. The molecule has 0 spiro atoms. The molecule has 0 aliphatic carbocycles. The van der Waals surface area contributed by atoms with Crippen LogP contribution in [0.5, 0.6) is 0 Å². The van der Waals surface area contributed by atoms with Crippen molar-refractivity contribution in [3.05, 3.63) is 35.9 Å². The smallest absolute Gasteiger partial charge is 0.376 e. The second-order valence-electron chi connectivity index (χ2n) is 4.57. The molecule has 1 fully saturated rings. The summed E-state index contributed by atoms with van der Waals surface area (Å²) < 4.78 is 0. The van der Waals surface area contributed by atoms with Crippen molar-refractivity contribution < 1.29 is 10.1 Å². The Morgan fingerprint density at radius 2 is 1.75 bits per heavy atom. The number of hydrogen-bond donors (Lipinski definition) is 2. The van der Waals surface area contributed by atoms with Crippen molar-refractivity contribution in [2.45, 2.75) is 25.3 Å². The molecule has 86 valence electrons. The standard InChI is InChI=1S/C12H18BNO2/c1-13(16)14-9-7-12(15,8-10-14)11-5-3-2-4-6-11/h2-6,15-16H,7-10H2,1H3. The second-order valence-corrected chi connectivity index (χ2v) is 4.57. The maximum absolute atomic E-state index is 10.5. The molecule has 0 atom stereocenters. The third-order valence-electron chi connectivity index (χ3n) is 3.46. The molecule has 1 saturated heterocycles. The van der Waals surface area contributed by atoms with Crippen molar-refractivity contribution in [1.29, 1.82) is 0 Å². The Hall–Kier alpha value is -0.835. The van der Waals surface area contributed by atoms with Gasteiger partial charge in [-0.3, -0.25) is 0 Å². The van der Waals surface area contributed by atoms with Crippen LogP contribution in [0.2, 0.25) is 6.82 Å². The molecule has 2 N–H and O–H groups in total. The molecule has 1 heterocycles. The zero-order valence-electron chi connectivity index (χ0n) is 9.63. The van der Waals surface area contributed by atoms with Crippen LogP contribution in [-0.4, -0.2) is 35.1 Å². The Morgan fingerprint density at radius 1 is 1.19 bits per heavy atom. The minimum absolute atomic E-state index is 0.416. The first-order valence-corrected chi connectivity index (χ1v) is 5.82. The van der Waals surface area contributed by atoms with Crippen LogP contribution in [0.3, 0.4) is 0 Å². The molecule has 2 rings (SSSR count). The summed E-state index contributed by atoms with van der Waals surface area (Å²) in [4.78, 5) is 1.98. The van der Waals surface area contributed by atoms with Gasteiger partial charge in [-0.2, -0.15) is 0 Å². The maximum atomic E-state index is 10.5. The Balaban J connectivity index is 2.07. The van der Waals surface area contributed by atoms with E-state index in [1.807, 2.05) is 35.1 Å². The van der Waals surface area contributed by atoms with Crippen molar-refractivity contribution in [2.75, 3.05) is 13.1 Å². The largest absolute Gasteiger partial charge is 0.437 e. The Labute approximate surface area is 96.8 Å². The van der Waals surface area contributed by atoms with Gasteiger partial charge in [-0.1, -0.05) is 30.3 Å². The molecule has 0 amide bonds. The third kappa shape index (κ3) is 2.29. The molecule has 3 nitrogen and oxygen atoms in total. The number of benzene rings is 1. The molecule has 0 bridgehead atoms. The Bertz CT molecular complexity index is 334. The average Bonchev–Trinajstić information content (AvgIpc) is 2.31. The van der Waals surface area contributed by atoms with Crippen LogP contribution in [0, 0.1) is 0 Å². The van der Waals surface area contributed by atoms with E-state index in [1.54, 1.807) is 6.82 Å². The molecule has 0 radical (unpaired) electrons. The van der Waals surface area contributed by atoms with Gasteiger partial charge in [0.2, 0.25) is 0 Å². The lowest BCUT2D eigenvalue weighted by molar-refractivity contribution is -0.0127. The summed E-state index contributed by atoms with van der Waals surface area (Å²) in [6, 6.07) is 9.80. The monoisotopic (exact) mass is 219 g/mol. The fourth-order valence-corrected chi connectivity index (χ4v) is 2.30. The summed E-state index contributed by atoms with van der Waals surface area (Å²) in [6.45, 7) is 3.25. The van der Waals surface area contributed by atoms with Crippen LogP contribution in [0.15, 0.2) is 30.3 Å². The van der Waals surface area contributed by atoms with E-state index in [-0.39, 0.29) is 0 Å². The van der Waals surface area contributed by atoms with Crippen LogP contribution in [0.25, 0.3) is 0 Å². The lowest BCUT2D eigenvalue weighted by Crippen LogP contribution is -2.48. The summed E-state index contributed by atoms with van der Waals surface area (Å²) in [5.74, 6) is 0.